The summed E-state index contributed by atoms with van der Waals surface area (Å²) in [7, 11) is 0. The second kappa shape index (κ2) is 5.76. The lowest BCUT2D eigenvalue weighted by atomic mass is 9.82. The highest BCUT2D eigenvalue weighted by Crippen LogP contribution is 2.29. The SMILES string of the molecule is CC(NCC1(C)CCOCC1)c1cncc(F)c1. The molecule has 1 saturated heterocycles. The van der Waals surface area contributed by atoms with Gasteiger partial charge in [0.15, 0.2) is 0 Å². The molecule has 0 saturated carbocycles. The van der Waals surface area contributed by atoms with Crippen LogP contribution in [0.3, 0.4) is 0 Å². The van der Waals surface area contributed by atoms with Crippen molar-refractivity contribution >= 4 is 0 Å². The van der Waals surface area contributed by atoms with Crippen LogP contribution in [0.1, 0.15) is 38.3 Å². The smallest absolute Gasteiger partial charge is 0.141 e. The number of halogens is 1. The molecule has 0 radical (unpaired) electrons. The van der Waals surface area contributed by atoms with E-state index in [0.29, 0.717) is 0 Å². The van der Waals surface area contributed by atoms with E-state index in [4.69, 9.17) is 4.74 Å². The summed E-state index contributed by atoms with van der Waals surface area (Å²) < 4.78 is 18.5. The van der Waals surface area contributed by atoms with E-state index in [0.717, 1.165) is 38.2 Å². The van der Waals surface area contributed by atoms with Gasteiger partial charge in [0.05, 0.1) is 6.20 Å². The first-order valence-corrected chi connectivity index (χ1v) is 6.51. The van der Waals surface area contributed by atoms with Crippen molar-refractivity contribution in [2.75, 3.05) is 19.8 Å². The van der Waals surface area contributed by atoms with Crippen molar-refractivity contribution in [3.05, 3.63) is 29.8 Å². The lowest BCUT2D eigenvalue weighted by Crippen LogP contribution is -2.37. The lowest BCUT2D eigenvalue weighted by molar-refractivity contribution is 0.0231. The first-order valence-electron chi connectivity index (χ1n) is 6.51. The largest absolute Gasteiger partial charge is 0.381 e. The molecule has 18 heavy (non-hydrogen) atoms. The fourth-order valence-electron chi connectivity index (χ4n) is 2.22. The molecule has 0 spiro atoms. The van der Waals surface area contributed by atoms with E-state index in [2.05, 4.69) is 17.2 Å². The van der Waals surface area contributed by atoms with E-state index in [-0.39, 0.29) is 17.3 Å². The number of hydrogen-bond acceptors (Lipinski definition) is 3. The fourth-order valence-corrected chi connectivity index (χ4v) is 2.22. The highest BCUT2D eigenvalue weighted by molar-refractivity contribution is 5.14. The van der Waals surface area contributed by atoms with Crippen LogP contribution < -0.4 is 5.32 Å². The summed E-state index contributed by atoms with van der Waals surface area (Å²) in [5, 5.41) is 3.47. The standard InChI is InChI=1S/C14H21FN2O/c1-11(12-7-13(15)9-16-8-12)17-10-14(2)3-5-18-6-4-14/h7-9,11,17H,3-6,10H2,1-2H3. The van der Waals surface area contributed by atoms with E-state index >= 15 is 0 Å². The molecular weight excluding hydrogens is 231 g/mol. The van der Waals surface area contributed by atoms with Crippen LogP contribution in [0.2, 0.25) is 0 Å². The normalized spacial score (nSPS) is 20.6. The molecular formula is C14H21FN2O. The van der Waals surface area contributed by atoms with E-state index in [9.17, 15) is 4.39 Å². The molecule has 1 N–H and O–H groups in total. The maximum Gasteiger partial charge on any atom is 0.141 e. The summed E-state index contributed by atoms with van der Waals surface area (Å²) in [6.45, 7) is 6.93. The molecule has 1 atom stereocenters. The highest BCUT2D eigenvalue weighted by Gasteiger charge is 2.27. The summed E-state index contributed by atoms with van der Waals surface area (Å²) in [4.78, 5) is 3.88. The average Bonchev–Trinajstić information content (AvgIpc) is 2.37. The molecule has 0 bridgehead atoms. The Balaban J connectivity index is 1.89. The molecule has 2 rings (SSSR count). The summed E-state index contributed by atoms with van der Waals surface area (Å²) in [6.07, 6.45) is 5.10. The van der Waals surface area contributed by atoms with Crippen LogP contribution >= 0.6 is 0 Å². The van der Waals surface area contributed by atoms with Gasteiger partial charge in [0.25, 0.3) is 0 Å². The van der Waals surface area contributed by atoms with Crippen molar-refractivity contribution in [3.63, 3.8) is 0 Å². The van der Waals surface area contributed by atoms with Gasteiger partial charge in [0, 0.05) is 32.0 Å². The Bertz CT molecular complexity index is 391. The summed E-state index contributed by atoms with van der Waals surface area (Å²) in [5.41, 5.74) is 1.18. The minimum atomic E-state index is -0.279. The van der Waals surface area contributed by atoms with Crippen LogP contribution in [0.25, 0.3) is 0 Å². The molecule has 4 heteroatoms. The first-order chi connectivity index (χ1) is 8.59. The molecule has 3 nitrogen and oxygen atoms in total. The predicted octanol–water partition coefficient (Wildman–Crippen LogP) is 2.69. The second-order valence-electron chi connectivity index (χ2n) is 5.46. The van der Waals surface area contributed by atoms with E-state index in [1.165, 1.54) is 12.3 Å². The first kappa shape index (κ1) is 13.4. The van der Waals surface area contributed by atoms with Gasteiger partial charge in [-0.1, -0.05) is 6.92 Å². The Labute approximate surface area is 108 Å². The van der Waals surface area contributed by atoms with Crippen LogP contribution in [-0.4, -0.2) is 24.7 Å². The Kier molecular flexibility index (Phi) is 4.30. The Morgan fingerprint density at radius 1 is 1.44 bits per heavy atom. The Morgan fingerprint density at radius 3 is 2.83 bits per heavy atom. The van der Waals surface area contributed by atoms with Crippen molar-refractivity contribution < 1.29 is 9.13 Å². The van der Waals surface area contributed by atoms with Crippen molar-refractivity contribution in [2.45, 2.75) is 32.7 Å². The highest BCUT2D eigenvalue weighted by atomic mass is 19.1. The van der Waals surface area contributed by atoms with Gasteiger partial charge in [0.1, 0.15) is 5.82 Å². The van der Waals surface area contributed by atoms with Crippen molar-refractivity contribution in [1.82, 2.24) is 10.3 Å². The Hall–Kier alpha value is -1.00. The fraction of sp³-hybridized carbons (Fsp3) is 0.643. The van der Waals surface area contributed by atoms with E-state index in [1.54, 1.807) is 6.20 Å². The van der Waals surface area contributed by atoms with E-state index < -0.39 is 0 Å². The molecule has 1 fully saturated rings. The number of nitrogens with zero attached hydrogens (tertiary/aromatic N) is 1. The topological polar surface area (TPSA) is 34.1 Å². The minimum absolute atomic E-state index is 0.118. The van der Waals surface area contributed by atoms with Crippen molar-refractivity contribution in [3.8, 4) is 0 Å². The molecule has 1 aromatic rings. The summed E-state index contributed by atoms with van der Waals surface area (Å²) in [6, 6.07) is 1.66. The van der Waals surface area contributed by atoms with E-state index in [1.807, 2.05) is 6.92 Å². The van der Waals surface area contributed by atoms with Crippen molar-refractivity contribution in [1.29, 1.82) is 0 Å². The van der Waals surface area contributed by atoms with Crippen LogP contribution in [0.4, 0.5) is 4.39 Å². The quantitative estimate of drug-likeness (QED) is 0.894. The number of nitrogens with one attached hydrogen (secondary N) is 1. The number of pyridine rings is 1. The predicted molar refractivity (Wildman–Crippen MR) is 68.8 cm³/mol. The molecule has 1 unspecified atom stereocenters. The third-order valence-corrected chi connectivity index (χ3v) is 3.76. The molecule has 0 aromatic carbocycles. The van der Waals surface area contributed by atoms with Crippen LogP contribution in [-0.2, 0) is 4.74 Å². The van der Waals surface area contributed by atoms with Gasteiger partial charge in [-0.25, -0.2) is 4.39 Å². The lowest BCUT2D eigenvalue weighted by Gasteiger charge is -2.34. The monoisotopic (exact) mass is 252 g/mol. The van der Waals surface area contributed by atoms with Gasteiger partial charge in [-0.05, 0) is 36.8 Å². The molecule has 1 aliphatic heterocycles. The zero-order chi connectivity index (χ0) is 13.0. The van der Waals surface area contributed by atoms with Gasteiger partial charge in [-0.15, -0.1) is 0 Å². The maximum atomic E-state index is 13.1. The number of ether oxygens (including phenoxy) is 1. The summed E-state index contributed by atoms with van der Waals surface area (Å²) in [5.74, 6) is -0.279. The molecule has 2 heterocycles. The molecule has 0 amide bonds. The third-order valence-electron chi connectivity index (χ3n) is 3.76. The molecule has 1 aromatic heterocycles. The van der Waals surface area contributed by atoms with Crippen LogP contribution in [0.15, 0.2) is 18.5 Å². The zero-order valence-electron chi connectivity index (χ0n) is 11.1. The average molecular weight is 252 g/mol. The Morgan fingerprint density at radius 2 is 2.17 bits per heavy atom. The maximum absolute atomic E-state index is 13.1. The number of hydrogen-bond donors (Lipinski definition) is 1. The van der Waals surface area contributed by atoms with Crippen LogP contribution in [0, 0.1) is 11.2 Å². The third kappa shape index (κ3) is 3.50. The number of aromatic nitrogens is 1. The molecule has 1 aliphatic rings. The molecule has 100 valence electrons. The molecule has 0 aliphatic carbocycles. The van der Waals surface area contributed by atoms with Gasteiger partial charge in [-0.3, -0.25) is 4.98 Å². The van der Waals surface area contributed by atoms with Crippen LogP contribution in [0.5, 0.6) is 0 Å². The zero-order valence-corrected chi connectivity index (χ0v) is 11.1. The van der Waals surface area contributed by atoms with Gasteiger partial charge >= 0.3 is 0 Å². The van der Waals surface area contributed by atoms with Gasteiger partial charge in [0.2, 0.25) is 0 Å². The number of rotatable bonds is 4. The van der Waals surface area contributed by atoms with Gasteiger partial charge in [-0.2, -0.15) is 0 Å². The summed E-state index contributed by atoms with van der Waals surface area (Å²) >= 11 is 0. The second-order valence-corrected chi connectivity index (χ2v) is 5.46. The van der Waals surface area contributed by atoms with Gasteiger partial charge < -0.3 is 10.1 Å². The van der Waals surface area contributed by atoms with Crippen molar-refractivity contribution in [2.24, 2.45) is 5.41 Å². The minimum Gasteiger partial charge on any atom is -0.381 e.